The fourth-order valence-electron chi connectivity index (χ4n) is 3.12. The van der Waals surface area contributed by atoms with Crippen LogP contribution in [0.1, 0.15) is 25.5 Å². The standard InChI is InChI=1S/C17H23ClN2O2.ClH/c1-11-10-22-16(14-5-3-4-6-15(14)18)9-20(11)17(21)12(2)13-7-19-8-13;/h3-6,11-13,16,19H,7-10H2,1-2H3;1H. The van der Waals surface area contributed by atoms with Gasteiger partial charge >= 0.3 is 0 Å². The number of hydrogen-bond donors (Lipinski definition) is 1. The van der Waals surface area contributed by atoms with E-state index in [0.717, 1.165) is 18.7 Å². The van der Waals surface area contributed by atoms with Crippen molar-refractivity contribution in [1.29, 1.82) is 0 Å². The number of nitrogens with one attached hydrogen (secondary N) is 1. The number of rotatable bonds is 3. The van der Waals surface area contributed by atoms with Gasteiger partial charge in [-0.15, -0.1) is 12.4 Å². The number of nitrogens with zero attached hydrogens (tertiary/aromatic N) is 1. The maximum Gasteiger partial charge on any atom is 0.226 e. The molecule has 3 atom stereocenters. The van der Waals surface area contributed by atoms with Crippen LogP contribution >= 0.6 is 24.0 Å². The summed E-state index contributed by atoms with van der Waals surface area (Å²) in [4.78, 5) is 14.8. The van der Waals surface area contributed by atoms with Gasteiger partial charge in [0.25, 0.3) is 0 Å². The smallest absolute Gasteiger partial charge is 0.226 e. The third-order valence-corrected chi connectivity index (χ3v) is 5.22. The molecule has 128 valence electrons. The van der Waals surface area contributed by atoms with Crippen molar-refractivity contribution in [2.45, 2.75) is 26.0 Å². The van der Waals surface area contributed by atoms with Crippen LogP contribution in [0.5, 0.6) is 0 Å². The van der Waals surface area contributed by atoms with E-state index in [2.05, 4.69) is 5.32 Å². The number of benzene rings is 1. The lowest BCUT2D eigenvalue weighted by molar-refractivity contribution is -0.150. The average molecular weight is 359 g/mol. The summed E-state index contributed by atoms with van der Waals surface area (Å²) >= 11 is 6.27. The van der Waals surface area contributed by atoms with E-state index < -0.39 is 0 Å². The molecule has 23 heavy (non-hydrogen) atoms. The molecule has 2 heterocycles. The second-order valence-electron chi connectivity index (χ2n) is 6.39. The zero-order chi connectivity index (χ0) is 15.7. The third kappa shape index (κ3) is 3.82. The minimum atomic E-state index is -0.138. The first-order valence-electron chi connectivity index (χ1n) is 7.95. The third-order valence-electron chi connectivity index (χ3n) is 4.88. The van der Waals surface area contributed by atoms with Gasteiger partial charge in [0.05, 0.1) is 19.2 Å². The van der Waals surface area contributed by atoms with Crippen molar-refractivity contribution in [3.8, 4) is 0 Å². The lowest BCUT2D eigenvalue weighted by Crippen LogP contribution is -2.55. The highest BCUT2D eigenvalue weighted by Crippen LogP contribution is 2.31. The van der Waals surface area contributed by atoms with Crippen LogP contribution in [0.25, 0.3) is 0 Å². The van der Waals surface area contributed by atoms with Crippen LogP contribution in [0.3, 0.4) is 0 Å². The molecular formula is C17H24Cl2N2O2. The molecule has 6 heteroatoms. The Morgan fingerprint density at radius 1 is 1.39 bits per heavy atom. The molecule has 1 aromatic carbocycles. The summed E-state index contributed by atoms with van der Waals surface area (Å²) in [6.45, 7) is 7.11. The zero-order valence-corrected chi connectivity index (χ0v) is 15.1. The van der Waals surface area contributed by atoms with Crippen molar-refractivity contribution in [3.05, 3.63) is 34.9 Å². The summed E-state index contributed by atoms with van der Waals surface area (Å²) in [5, 5.41) is 3.94. The fraction of sp³-hybridized carbons (Fsp3) is 0.588. The second kappa shape index (κ2) is 7.84. The van der Waals surface area contributed by atoms with Crippen molar-refractivity contribution >= 4 is 29.9 Å². The Bertz CT molecular complexity index is 551. The molecular weight excluding hydrogens is 335 g/mol. The van der Waals surface area contributed by atoms with Gasteiger partial charge in [-0.25, -0.2) is 0 Å². The topological polar surface area (TPSA) is 41.6 Å². The number of carbonyl (C=O) groups excluding carboxylic acids is 1. The highest BCUT2D eigenvalue weighted by Gasteiger charge is 2.37. The molecule has 2 aliphatic rings. The van der Waals surface area contributed by atoms with E-state index >= 15 is 0 Å². The van der Waals surface area contributed by atoms with Crippen LogP contribution in [0.4, 0.5) is 0 Å². The van der Waals surface area contributed by atoms with Crippen LogP contribution < -0.4 is 5.32 Å². The molecule has 4 nitrogen and oxygen atoms in total. The molecule has 0 aliphatic carbocycles. The molecule has 2 fully saturated rings. The molecule has 0 aromatic heterocycles. The summed E-state index contributed by atoms with van der Waals surface area (Å²) in [5.74, 6) is 0.759. The van der Waals surface area contributed by atoms with Gasteiger partial charge in [0.1, 0.15) is 6.10 Å². The number of carbonyl (C=O) groups is 1. The number of ether oxygens (including phenoxy) is 1. The largest absolute Gasteiger partial charge is 0.369 e. The van der Waals surface area contributed by atoms with Crippen LogP contribution in [0.15, 0.2) is 24.3 Å². The van der Waals surface area contributed by atoms with Gasteiger partial charge in [-0.05, 0) is 32.0 Å². The van der Waals surface area contributed by atoms with Crippen LogP contribution in [-0.2, 0) is 9.53 Å². The van der Waals surface area contributed by atoms with E-state index in [0.29, 0.717) is 24.1 Å². The second-order valence-corrected chi connectivity index (χ2v) is 6.80. The first-order valence-corrected chi connectivity index (χ1v) is 8.33. The van der Waals surface area contributed by atoms with Crippen molar-refractivity contribution in [2.24, 2.45) is 11.8 Å². The van der Waals surface area contributed by atoms with E-state index in [1.807, 2.05) is 43.0 Å². The molecule has 0 spiro atoms. The average Bonchev–Trinajstić information content (AvgIpc) is 2.46. The quantitative estimate of drug-likeness (QED) is 0.902. The first-order chi connectivity index (χ1) is 10.6. The fourth-order valence-corrected chi connectivity index (χ4v) is 3.37. The molecule has 0 bridgehead atoms. The predicted octanol–water partition coefficient (Wildman–Crippen LogP) is 2.91. The molecule has 0 radical (unpaired) electrons. The molecule has 1 aromatic rings. The lowest BCUT2D eigenvalue weighted by atomic mass is 9.87. The Kier molecular flexibility index (Phi) is 6.32. The van der Waals surface area contributed by atoms with Gasteiger partial charge in [-0.1, -0.05) is 36.7 Å². The number of amides is 1. The molecule has 1 amide bonds. The Morgan fingerprint density at radius 3 is 2.70 bits per heavy atom. The maximum absolute atomic E-state index is 12.8. The number of hydrogen-bond acceptors (Lipinski definition) is 3. The SMILES string of the molecule is CC(C(=O)N1CC(c2ccccc2Cl)OCC1C)C1CNC1.Cl. The van der Waals surface area contributed by atoms with Crippen molar-refractivity contribution in [2.75, 3.05) is 26.2 Å². The van der Waals surface area contributed by atoms with E-state index in [1.54, 1.807) is 0 Å². The highest BCUT2D eigenvalue weighted by molar-refractivity contribution is 6.31. The zero-order valence-electron chi connectivity index (χ0n) is 13.5. The van der Waals surface area contributed by atoms with Gasteiger partial charge in [-0.2, -0.15) is 0 Å². The van der Waals surface area contributed by atoms with Crippen LogP contribution in [0.2, 0.25) is 5.02 Å². The Morgan fingerprint density at radius 2 is 2.09 bits per heavy atom. The Balaban J connectivity index is 0.00000192. The molecule has 3 unspecified atom stereocenters. The summed E-state index contributed by atoms with van der Waals surface area (Å²) in [6.07, 6.45) is -0.138. The highest BCUT2D eigenvalue weighted by atomic mass is 35.5. The van der Waals surface area contributed by atoms with Crippen molar-refractivity contribution in [3.63, 3.8) is 0 Å². The minimum absolute atomic E-state index is 0. The predicted molar refractivity (Wildman–Crippen MR) is 94.1 cm³/mol. The van der Waals surface area contributed by atoms with Gasteiger partial charge in [0.15, 0.2) is 0 Å². The molecule has 2 aliphatic heterocycles. The Labute approximate surface area is 148 Å². The number of halogens is 2. The first kappa shape index (κ1) is 18.5. The summed E-state index contributed by atoms with van der Waals surface area (Å²) in [5.41, 5.74) is 0.965. The van der Waals surface area contributed by atoms with E-state index in [-0.39, 0.29) is 36.4 Å². The molecule has 3 rings (SSSR count). The summed E-state index contributed by atoms with van der Waals surface area (Å²) in [6, 6.07) is 7.82. The summed E-state index contributed by atoms with van der Waals surface area (Å²) in [7, 11) is 0. The maximum atomic E-state index is 12.8. The van der Waals surface area contributed by atoms with E-state index in [9.17, 15) is 4.79 Å². The monoisotopic (exact) mass is 358 g/mol. The molecule has 0 saturated carbocycles. The van der Waals surface area contributed by atoms with Gasteiger partial charge < -0.3 is 15.0 Å². The van der Waals surface area contributed by atoms with Gasteiger partial charge in [0, 0.05) is 16.5 Å². The summed E-state index contributed by atoms with van der Waals surface area (Å²) < 4.78 is 5.93. The van der Waals surface area contributed by atoms with Gasteiger partial charge in [0.2, 0.25) is 5.91 Å². The van der Waals surface area contributed by atoms with Crippen molar-refractivity contribution in [1.82, 2.24) is 10.2 Å². The Hall–Kier alpha value is -0.810. The van der Waals surface area contributed by atoms with E-state index in [1.165, 1.54) is 0 Å². The van der Waals surface area contributed by atoms with Crippen LogP contribution in [-0.4, -0.2) is 43.1 Å². The van der Waals surface area contributed by atoms with E-state index in [4.69, 9.17) is 16.3 Å². The lowest BCUT2D eigenvalue weighted by Gasteiger charge is -2.42. The van der Waals surface area contributed by atoms with Crippen molar-refractivity contribution < 1.29 is 9.53 Å². The number of morpholine rings is 1. The molecule has 1 N–H and O–H groups in total. The minimum Gasteiger partial charge on any atom is -0.369 e. The normalized spacial score (nSPS) is 26.1. The van der Waals surface area contributed by atoms with Crippen LogP contribution in [0, 0.1) is 11.8 Å². The van der Waals surface area contributed by atoms with Gasteiger partial charge in [-0.3, -0.25) is 4.79 Å². The molecule has 2 saturated heterocycles.